The molecule has 4 nitrogen and oxygen atoms in total. The summed E-state index contributed by atoms with van der Waals surface area (Å²) < 4.78 is 5.79. The van der Waals surface area contributed by atoms with Crippen LogP contribution >= 0.6 is 11.6 Å². The van der Waals surface area contributed by atoms with E-state index in [2.05, 4.69) is 30.7 Å². The van der Waals surface area contributed by atoms with Crippen LogP contribution in [0.15, 0.2) is 30.5 Å². The maximum Gasteiger partial charge on any atom is 0.157 e. The molecule has 2 aromatic rings. The summed E-state index contributed by atoms with van der Waals surface area (Å²) in [5, 5.41) is 0.293. The van der Waals surface area contributed by atoms with Gasteiger partial charge < -0.3 is 10.5 Å². The number of nitrogen functional groups attached to an aromatic ring is 1. The molecule has 0 saturated heterocycles. The van der Waals surface area contributed by atoms with E-state index in [1.165, 1.54) is 6.20 Å². The smallest absolute Gasteiger partial charge is 0.157 e. The predicted octanol–water partition coefficient (Wildman–Crippen LogP) is 4.19. The lowest BCUT2D eigenvalue weighted by Gasteiger charge is -2.18. The Bertz CT molecular complexity index is 623. The van der Waals surface area contributed by atoms with E-state index in [0.717, 1.165) is 17.7 Å². The van der Waals surface area contributed by atoms with E-state index < -0.39 is 0 Å². The lowest BCUT2D eigenvalue weighted by molar-refractivity contribution is 0.243. The number of aromatic nitrogens is 2. The van der Waals surface area contributed by atoms with E-state index in [1.807, 2.05) is 24.3 Å². The van der Waals surface area contributed by atoms with Crippen LogP contribution in [0.25, 0.3) is 11.3 Å². The molecule has 0 atom stereocenters. The number of rotatable bonds is 4. The van der Waals surface area contributed by atoms with Crippen LogP contribution in [0.4, 0.5) is 5.82 Å². The molecule has 1 aromatic heterocycles. The first-order valence-corrected chi connectivity index (χ1v) is 7.24. The first-order chi connectivity index (χ1) is 9.85. The minimum absolute atomic E-state index is 0.253. The van der Waals surface area contributed by atoms with E-state index >= 15 is 0 Å². The number of hydrogen-bond acceptors (Lipinski definition) is 4. The number of benzene rings is 1. The lowest BCUT2D eigenvalue weighted by atomic mass is 9.93. The van der Waals surface area contributed by atoms with Gasteiger partial charge in [0.15, 0.2) is 5.15 Å². The summed E-state index contributed by atoms with van der Waals surface area (Å²) in [6, 6.07) is 7.67. The fraction of sp³-hybridized carbons (Fsp3) is 0.375. The maximum atomic E-state index is 6.09. The summed E-state index contributed by atoms with van der Waals surface area (Å²) in [7, 11) is 0. The Morgan fingerprint density at radius 2 is 2.05 bits per heavy atom. The van der Waals surface area contributed by atoms with Gasteiger partial charge in [-0.3, -0.25) is 0 Å². The normalized spacial score (nSPS) is 11.4. The van der Waals surface area contributed by atoms with E-state index in [1.54, 1.807) is 0 Å². The minimum atomic E-state index is 0.253. The highest BCUT2D eigenvalue weighted by Crippen LogP contribution is 2.28. The van der Waals surface area contributed by atoms with Gasteiger partial charge in [0.25, 0.3) is 0 Å². The fourth-order valence-corrected chi connectivity index (χ4v) is 2.04. The van der Waals surface area contributed by atoms with Crippen LogP contribution in [0.1, 0.15) is 27.2 Å². The van der Waals surface area contributed by atoms with Gasteiger partial charge in [-0.05, 0) is 24.0 Å². The highest BCUT2D eigenvalue weighted by atomic mass is 35.5. The van der Waals surface area contributed by atoms with Crippen LogP contribution in [-0.2, 0) is 0 Å². The molecule has 0 fully saturated rings. The van der Waals surface area contributed by atoms with Gasteiger partial charge in [0.1, 0.15) is 17.3 Å². The van der Waals surface area contributed by atoms with Gasteiger partial charge >= 0.3 is 0 Å². The number of nitrogens with two attached hydrogens (primary N) is 1. The summed E-state index contributed by atoms with van der Waals surface area (Å²) in [6.45, 7) is 7.25. The molecule has 5 heteroatoms. The Balaban J connectivity index is 2.14. The zero-order valence-corrected chi connectivity index (χ0v) is 13.3. The quantitative estimate of drug-likeness (QED) is 0.920. The van der Waals surface area contributed by atoms with Crippen molar-refractivity contribution < 1.29 is 4.74 Å². The number of halogens is 1. The summed E-state index contributed by atoms with van der Waals surface area (Å²) in [6.07, 6.45) is 2.48. The van der Waals surface area contributed by atoms with Crippen molar-refractivity contribution in [3.8, 4) is 17.0 Å². The van der Waals surface area contributed by atoms with E-state index in [-0.39, 0.29) is 5.41 Å². The van der Waals surface area contributed by atoms with Gasteiger partial charge in [0.2, 0.25) is 0 Å². The van der Waals surface area contributed by atoms with E-state index in [4.69, 9.17) is 22.1 Å². The third-order valence-electron chi connectivity index (χ3n) is 2.98. The molecule has 0 spiro atoms. The Morgan fingerprint density at radius 3 is 2.71 bits per heavy atom. The van der Waals surface area contributed by atoms with Crippen molar-refractivity contribution in [2.24, 2.45) is 5.41 Å². The molecule has 1 aromatic carbocycles. The molecule has 0 aliphatic heterocycles. The molecule has 2 N–H and O–H groups in total. The molecule has 112 valence electrons. The summed E-state index contributed by atoms with van der Waals surface area (Å²) >= 11 is 6.09. The third kappa shape index (κ3) is 4.60. The highest BCUT2D eigenvalue weighted by molar-refractivity contribution is 6.31. The maximum absolute atomic E-state index is 6.09. The largest absolute Gasteiger partial charge is 0.494 e. The van der Waals surface area contributed by atoms with E-state index in [0.29, 0.717) is 23.3 Å². The van der Waals surface area contributed by atoms with Crippen LogP contribution in [-0.4, -0.2) is 16.6 Å². The molecule has 0 bridgehead atoms. The average molecular weight is 306 g/mol. The number of anilines is 1. The molecule has 0 aliphatic carbocycles. The topological polar surface area (TPSA) is 61.0 Å². The fourth-order valence-electron chi connectivity index (χ4n) is 1.78. The van der Waals surface area contributed by atoms with Crippen molar-refractivity contribution in [3.63, 3.8) is 0 Å². The first-order valence-electron chi connectivity index (χ1n) is 6.86. The Morgan fingerprint density at radius 1 is 1.29 bits per heavy atom. The van der Waals surface area contributed by atoms with Crippen molar-refractivity contribution in [2.75, 3.05) is 12.3 Å². The van der Waals surface area contributed by atoms with E-state index in [9.17, 15) is 0 Å². The molecule has 0 amide bonds. The molecule has 1 heterocycles. The number of nitrogens with zero attached hydrogens (tertiary/aromatic N) is 2. The SMILES string of the molecule is CC(C)(C)CCOc1cccc(-c2ncc(N)nc2Cl)c1. The summed E-state index contributed by atoms with van der Waals surface area (Å²) in [5.74, 6) is 1.10. The molecule has 21 heavy (non-hydrogen) atoms. The summed E-state index contributed by atoms with van der Waals surface area (Å²) in [5.41, 5.74) is 7.28. The molecule has 0 radical (unpaired) electrons. The van der Waals surface area contributed by atoms with Gasteiger partial charge in [-0.25, -0.2) is 9.97 Å². The average Bonchev–Trinajstić information content (AvgIpc) is 2.37. The highest BCUT2D eigenvalue weighted by Gasteiger charge is 2.11. The molecule has 0 aliphatic rings. The second kappa shape index (κ2) is 6.31. The zero-order valence-electron chi connectivity index (χ0n) is 12.6. The number of ether oxygens (including phenoxy) is 1. The van der Waals surface area contributed by atoms with Crippen LogP contribution in [0, 0.1) is 5.41 Å². The second-order valence-electron chi connectivity index (χ2n) is 6.12. The van der Waals surface area contributed by atoms with Crippen LogP contribution in [0.3, 0.4) is 0 Å². The van der Waals surface area contributed by atoms with Gasteiger partial charge in [-0.1, -0.05) is 44.5 Å². The zero-order chi connectivity index (χ0) is 15.5. The predicted molar refractivity (Wildman–Crippen MR) is 86.5 cm³/mol. The van der Waals surface area contributed by atoms with Crippen molar-refractivity contribution in [2.45, 2.75) is 27.2 Å². The van der Waals surface area contributed by atoms with Crippen LogP contribution in [0.2, 0.25) is 5.15 Å². The van der Waals surface area contributed by atoms with Crippen LogP contribution in [0.5, 0.6) is 5.75 Å². The first kappa shape index (κ1) is 15.6. The standard InChI is InChI=1S/C16H20ClN3O/c1-16(2,3)7-8-21-12-6-4-5-11(9-12)14-15(17)20-13(18)10-19-14/h4-6,9-10H,7-8H2,1-3H3,(H2,18,20). The summed E-state index contributed by atoms with van der Waals surface area (Å²) in [4.78, 5) is 8.25. The molecule has 0 saturated carbocycles. The van der Waals surface area contributed by atoms with Crippen molar-refractivity contribution in [1.82, 2.24) is 9.97 Å². The molecular formula is C16H20ClN3O. The minimum Gasteiger partial charge on any atom is -0.494 e. The van der Waals surface area contributed by atoms with Crippen molar-refractivity contribution in [3.05, 3.63) is 35.6 Å². The number of hydrogen-bond donors (Lipinski definition) is 1. The van der Waals surface area contributed by atoms with Gasteiger partial charge in [0, 0.05) is 5.56 Å². The monoisotopic (exact) mass is 305 g/mol. The Hall–Kier alpha value is -1.81. The molecule has 2 rings (SSSR count). The van der Waals surface area contributed by atoms with Crippen molar-refractivity contribution in [1.29, 1.82) is 0 Å². The second-order valence-corrected chi connectivity index (χ2v) is 6.48. The Kier molecular flexibility index (Phi) is 4.68. The van der Waals surface area contributed by atoms with Gasteiger partial charge in [0.05, 0.1) is 12.8 Å². The van der Waals surface area contributed by atoms with Gasteiger partial charge in [-0.2, -0.15) is 0 Å². The lowest BCUT2D eigenvalue weighted by Crippen LogP contribution is -2.11. The third-order valence-corrected chi connectivity index (χ3v) is 3.24. The molecular weight excluding hydrogens is 286 g/mol. The Labute approximate surface area is 130 Å². The van der Waals surface area contributed by atoms with Gasteiger partial charge in [-0.15, -0.1) is 0 Å². The van der Waals surface area contributed by atoms with Crippen molar-refractivity contribution >= 4 is 17.4 Å². The van der Waals surface area contributed by atoms with Crippen LogP contribution < -0.4 is 10.5 Å². The molecule has 0 unspecified atom stereocenters.